The molecule has 2 aromatic carbocycles. The third-order valence-corrected chi connectivity index (χ3v) is 6.57. The van der Waals surface area contributed by atoms with Crippen LogP contribution in [-0.4, -0.2) is 32.9 Å². The van der Waals surface area contributed by atoms with Crippen molar-refractivity contribution in [3.63, 3.8) is 0 Å². The molecule has 2 aromatic heterocycles. The molecule has 3 N–H and O–H groups in total. The van der Waals surface area contributed by atoms with Crippen molar-refractivity contribution in [2.24, 2.45) is 0 Å². The van der Waals surface area contributed by atoms with Crippen molar-refractivity contribution in [1.82, 2.24) is 19.9 Å². The average molecular weight is 484 g/mol. The molecule has 0 aliphatic carbocycles. The quantitative estimate of drug-likeness (QED) is 0.344. The number of nitrogen functional groups attached to an aromatic ring is 1. The van der Waals surface area contributed by atoms with Crippen LogP contribution in [0.5, 0.6) is 5.88 Å². The Labute approximate surface area is 200 Å². The Morgan fingerprint density at radius 3 is 2.71 bits per heavy atom. The van der Waals surface area contributed by atoms with E-state index in [1.807, 2.05) is 12.1 Å². The molecular formula is C25H24ClF2N5O. The van der Waals surface area contributed by atoms with Crippen LogP contribution in [0.1, 0.15) is 30.4 Å². The highest BCUT2D eigenvalue weighted by atomic mass is 35.5. The van der Waals surface area contributed by atoms with Gasteiger partial charge in [0.15, 0.2) is 5.82 Å². The number of likely N-dealkylation sites (tertiary alicyclic amines) is 1. The number of H-pyrrole nitrogens is 1. The van der Waals surface area contributed by atoms with Gasteiger partial charge in [-0.15, -0.1) is 0 Å². The number of rotatable bonds is 6. The normalized spacial score (nSPS) is 14.6. The molecule has 0 spiro atoms. The summed E-state index contributed by atoms with van der Waals surface area (Å²) in [4.78, 5) is 14.5. The Hall–Kier alpha value is -3.23. The molecule has 0 radical (unpaired) electrons. The third-order valence-electron chi connectivity index (χ3n) is 6.16. The van der Waals surface area contributed by atoms with Crippen molar-refractivity contribution < 1.29 is 13.5 Å². The molecular weight excluding hydrogens is 460 g/mol. The molecule has 1 aliphatic rings. The smallest absolute Gasteiger partial charge is 0.258 e. The summed E-state index contributed by atoms with van der Waals surface area (Å²) in [7, 11) is 0. The molecule has 1 aliphatic heterocycles. The number of fused-ring (bicyclic) bond motifs is 1. The number of benzene rings is 2. The summed E-state index contributed by atoms with van der Waals surface area (Å²) in [6, 6.07) is 7.98. The number of piperidine rings is 1. The Morgan fingerprint density at radius 2 is 1.88 bits per heavy atom. The summed E-state index contributed by atoms with van der Waals surface area (Å²) in [6.45, 7) is 2.80. The molecule has 6 nitrogen and oxygen atoms in total. The molecule has 5 rings (SSSR count). The van der Waals surface area contributed by atoms with Crippen molar-refractivity contribution in [2.45, 2.75) is 32.4 Å². The van der Waals surface area contributed by atoms with Gasteiger partial charge in [-0.25, -0.2) is 18.7 Å². The lowest BCUT2D eigenvalue weighted by Crippen LogP contribution is -2.28. The molecule has 9 heteroatoms. The molecule has 0 unspecified atom stereocenters. The van der Waals surface area contributed by atoms with Crippen LogP contribution in [0.15, 0.2) is 42.7 Å². The third kappa shape index (κ3) is 4.56. The first kappa shape index (κ1) is 22.6. The zero-order chi connectivity index (χ0) is 23.7. The fourth-order valence-electron chi connectivity index (χ4n) is 4.30. The highest BCUT2D eigenvalue weighted by Crippen LogP contribution is 2.30. The largest absolute Gasteiger partial charge is 0.470 e. The second-order valence-corrected chi connectivity index (χ2v) is 8.85. The van der Waals surface area contributed by atoms with Crippen LogP contribution in [0.25, 0.3) is 22.2 Å². The van der Waals surface area contributed by atoms with E-state index < -0.39 is 11.6 Å². The number of hydrogen-bond acceptors (Lipinski definition) is 5. The van der Waals surface area contributed by atoms with Gasteiger partial charge >= 0.3 is 0 Å². The number of halogens is 3. The van der Waals surface area contributed by atoms with Gasteiger partial charge < -0.3 is 15.5 Å². The lowest BCUT2D eigenvalue weighted by molar-refractivity contribution is 0.221. The molecule has 176 valence electrons. The Kier molecular flexibility index (Phi) is 6.34. The highest BCUT2D eigenvalue weighted by Gasteiger charge is 2.16. The lowest BCUT2D eigenvalue weighted by Gasteiger charge is -2.26. The number of aromatic amines is 1. The zero-order valence-corrected chi connectivity index (χ0v) is 19.2. The highest BCUT2D eigenvalue weighted by molar-refractivity contribution is 6.31. The average Bonchev–Trinajstić information content (AvgIpc) is 3.25. The van der Waals surface area contributed by atoms with Gasteiger partial charge in [0, 0.05) is 34.8 Å². The van der Waals surface area contributed by atoms with E-state index in [0.29, 0.717) is 5.69 Å². The molecule has 4 aromatic rings. The van der Waals surface area contributed by atoms with Crippen LogP contribution in [-0.2, 0) is 13.2 Å². The second kappa shape index (κ2) is 9.56. The minimum atomic E-state index is -0.727. The SMILES string of the molecule is Nc1ncc(-c2ccc3[nH]cc(CN4CCCCC4)c3c2)nc1OCc1c(F)ccc(F)c1Cl. The molecule has 1 fully saturated rings. The van der Waals surface area contributed by atoms with E-state index in [9.17, 15) is 8.78 Å². The van der Waals surface area contributed by atoms with Crippen LogP contribution in [0.3, 0.4) is 0 Å². The van der Waals surface area contributed by atoms with Crippen molar-refractivity contribution in [2.75, 3.05) is 18.8 Å². The van der Waals surface area contributed by atoms with Gasteiger partial charge in [-0.3, -0.25) is 4.90 Å². The summed E-state index contributed by atoms with van der Waals surface area (Å²) >= 11 is 5.89. The van der Waals surface area contributed by atoms with Crippen molar-refractivity contribution in [3.8, 4) is 17.1 Å². The Bertz CT molecular complexity index is 1340. The second-order valence-electron chi connectivity index (χ2n) is 8.47. The summed E-state index contributed by atoms with van der Waals surface area (Å²) < 4.78 is 33.4. The number of nitrogens with one attached hydrogen (secondary N) is 1. The van der Waals surface area contributed by atoms with E-state index in [1.54, 1.807) is 6.20 Å². The Morgan fingerprint density at radius 1 is 1.09 bits per heavy atom. The van der Waals surface area contributed by atoms with Gasteiger partial charge in [-0.05, 0) is 55.8 Å². The van der Waals surface area contributed by atoms with E-state index in [4.69, 9.17) is 22.1 Å². The van der Waals surface area contributed by atoms with Gasteiger partial charge in [-0.1, -0.05) is 24.1 Å². The molecule has 0 saturated carbocycles. The van der Waals surface area contributed by atoms with E-state index in [0.717, 1.165) is 48.2 Å². The molecule has 1 saturated heterocycles. The van der Waals surface area contributed by atoms with Crippen molar-refractivity contribution in [1.29, 1.82) is 0 Å². The van der Waals surface area contributed by atoms with Crippen LogP contribution in [0.4, 0.5) is 14.6 Å². The number of aromatic nitrogens is 3. The maximum atomic E-state index is 14.1. The molecule has 0 atom stereocenters. The fraction of sp³-hybridized carbons (Fsp3) is 0.280. The van der Waals surface area contributed by atoms with E-state index in [1.165, 1.54) is 24.8 Å². The zero-order valence-electron chi connectivity index (χ0n) is 18.5. The monoisotopic (exact) mass is 483 g/mol. The standard InChI is InChI=1S/C25H24ClF2N5O/c26-23-18(19(27)5-6-20(23)28)14-34-25-24(29)31-12-22(32-25)15-4-7-21-17(10-15)16(11-30-21)13-33-8-2-1-3-9-33/h4-7,10-12,30H,1-3,8-9,13-14H2,(H2,29,31). The molecule has 0 amide bonds. The van der Waals surface area contributed by atoms with Gasteiger partial charge in [0.1, 0.15) is 18.2 Å². The summed E-state index contributed by atoms with van der Waals surface area (Å²) in [6.07, 6.45) is 7.40. The summed E-state index contributed by atoms with van der Waals surface area (Å²) in [5.74, 6) is -1.33. The molecule has 34 heavy (non-hydrogen) atoms. The van der Waals surface area contributed by atoms with Crippen LogP contribution in [0, 0.1) is 11.6 Å². The summed E-state index contributed by atoms with van der Waals surface area (Å²) in [5.41, 5.74) is 9.51. The lowest BCUT2D eigenvalue weighted by atomic mass is 10.1. The summed E-state index contributed by atoms with van der Waals surface area (Å²) in [5, 5.41) is 0.791. The van der Waals surface area contributed by atoms with Crippen LogP contribution >= 0.6 is 11.6 Å². The van der Waals surface area contributed by atoms with Gasteiger partial charge in [-0.2, -0.15) is 0 Å². The first-order chi connectivity index (χ1) is 16.5. The maximum Gasteiger partial charge on any atom is 0.258 e. The number of nitrogens with two attached hydrogens (primary N) is 1. The predicted molar refractivity (Wildman–Crippen MR) is 129 cm³/mol. The van der Waals surface area contributed by atoms with Gasteiger partial charge in [0.25, 0.3) is 5.88 Å². The van der Waals surface area contributed by atoms with E-state index in [2.05, 4.69) is 32.1 Å². The minimum absolute atomic E-state index is 0.0277. The molecule has 3 heterocycles. The number of nitrogens with zero attached hydrogens (tertiary/aromatic N) is 3. The number of ether oxygens (including phenoxy) is 1. The first-order valence-electron chi connectivity index (χ1n) is 11.2. The van der Waals surface area contributed by atoms with Crippen LogP contribution < -0.4 is 10.5 Å². The predicted octanol–water partition coefficient (Wildman–Crippen LogP) is 5.70. The first-order valence-corrected chi connectivity index (χ1v) is 11.6. The molecule has 0 bridgehead atoms. The van der Waals surface area contributed by atoms with Crippen molar-refractivity contribution in [3.05, 3.63) is 70.5 Å². The number of anilines is 1. The van der Waals surface area contributed by atoms with E-state index in [-0.39, 0.29) is 28.9 Å². The topological polar surface area (TPSA) is 80.1 Å². The number of hydrogen-bond donors (Lipinski definition) is 2. The minimum Gasteiger partial charge on any atom is -0.470 e. The van der Waals surface area contributed by atoms with Gasteiger partial charge in [0.05, 0.1) is 16.9 Å². The van der Waals surface area contributed by atoms with Crippen LogP contribution in [0.2, 0.25) is 5.02 Å². The van der Waals surface area contributed by atoms with Crippen molar-refractivity contribution >= 4 is 28.3 Å². The van der Waals surface area contributed by atoms with E-state index >= 15 is 0 Å². The maximum absolute atomic E-state index is 14.1. The van der Waals surface area contributed by atoms with Gasteiger partial charge in [0.2, 0.25) is 0 Å². The Balaban J connectivity index is 1.41. The fourth-order valence-corrected chi connectivity index (χ4v) is 4.50.